The van der Waals surface area contributed by atoms with E-state index in [9.17, 15) is 4.79 Å². The first kappa shape index (κ1) is 8.67. The maximum atomic E-state index is 10.7. The number of nitrogens with zero attached hydrogens (tertiary/aromatic N) is 2. The number of halogens is 1. The summed E-state index contributed by atoms with van der Waals surface area (Å²) in [4.78, 5) is 18.2. The maximum Gasteiger partial charge on any atom is 0.250 e. The molecule has 0 aromatic carbocycles. The predicted molar refractivity (Wildman–Crippen MR) is 45.9 cm³/mol. The Hall–Kier alpha value is -1.42. The Morgan fingerprint density at radius 3 is 3.08 bits per heavy atom. The summed E-state index contributed by atoms with van der Waals surface area (Å²) in [6, 6.07) is 1.52. The summed E-state index contributed by atoms with van der Waals surface area (Å²) in [7, 11) is 0. The van der Waals surface area contributed by atoms with E-state index in [1.807, 2.05) is 0 Å². The van der Waals surface area contributed by atoms with Crippen molar-refractivity contribution in [3.05, 3.63) is 30.1 Å². The van der Waals surface area contributed by atoms with Crippen molar-refractivity contribution in [1.29, 1.82) is 0 Å². The SMILES string of the molecule is C=CC(=O)Nc1nccc(Cl)n1. The molecule has 0 atom stereocenters. The van der Waals surface area contributed by atoms with Gasteiger partial charge in [0, 0.05) is 6.20 Å². The molecular formula is C7H6ClN3O. The van der Waals surface area contributed by atoms with Gasteiger partial charge in [-0.05, 0) is 12.1 Å². The maximum absolute atomic E-state index is 10.7. The lowest BCUT2D eigenvalue weighted by Gasteiger charge is -1.98. The Morgan fingerprint density at radius 1 is 1.75 bits per heavy atom. The number of amides is 1. The molecule has 0 aliphatic carbocycles. The van der Waals surface area contributed by atoms with Crippen LogP contribution < -0.4 is 5.32 Å². The fourth-order valence-corrected chi connectivity index (χ4v) is 0.695. The summed E-state index contributed by atoms with van der Waals surface area (Å²) >= 11 is 5.54. The second-order valence-corrected chi connectivity index (χ2v) is 2.28. The highest BCUT2D eigenvalue weighted by Gasteiger charge is 1.99. The highest BCUT2D eigenvalue weighted by Crippen LogP contribution is 2.05. The van der Waals surface area contributed by atoms with E-state index in [0.717, 1.165) is 6.08 Å². The Bertz CT molecular complexity index is 313. The molecular weight excluding hydrogens is 178 g/mol. The van der Waals surface area contributed by atoms with Gasteiger partial charge in [-0.1, -0.05) is 18.2 Å². The molecule has 12 heavy (non-hydrogen) atoms. The molecule has 5 heteroatoms. The lowest BCUT2D eigenvalue weighted by Crippen LogP contribution is -2.10. The topological polar surface area (TPSA) is 54.9 Å². The third-order valence-electron chi connectivity index (χ3n) is 1.04. The predicted octanol–water partition coefficient (Wildman–Crippen LogP) is 1.25. The van der Waals surface area contributed by atoms with E-state index in [-0.39, 0.29) is 17.0 Å². The van der Waals surface area contributed by atoms with Crippen LogP contribution in [0.2, 0.25) is 5.15 Å². The molecule has 0 unspecified atom stereocenters. The number of carbonyl (C=O) groups excluding carboxylic acids is 1. The number of aromatic nitrogens is 2. The quantitative estimate of drug-likeness (QED) is 0.555. The van der Waals surface area contributed by atoms with E-state index in [1.165, 1.54) is 12.3 Å². The molecule has 0 saturated carbocycles. The second kappa shape index (κ2) is 3.82. The summed E-state index contributed by atoms with van der Waals surface area (Å²) in [5.41, 5.74) is 0. The highest BCUT2D eigenvalue weighted by molar-refractivity contribution is 6.29. The normalized spacial score (nSPS) is 9.08. The average molecular weight is 184 g/mol. The lowest BCUT2D eigenvalue weighted by atomic mass is 10.6. The first-order valence-electron chi connectivity index (χ1n) is 3.14. The highest BCUT2D eigenvalue weighted by atomic mass is 35.5. The molecule has 1 heterocycles. The van der Waals surface area contributed by atoms with Gasteiger partial charge in [0.1, 0.15) is 5.15 Å². The Balaban J connectivity index is 2.76. The summed E-state index contributed by atoms with van der Waals surface area (Å²) in [6.07, 6.45) is 2.58. The second-order valence-electron chi connectivity index (χ2n) is 1.90. The number of anilines is 1. The van der Waals surface area contributed by atoms with Crippen LogP contribution in [0.25, 0.3) is 0 Å². The lowest BCUT2D eigenvalue weighted by molar-refractivity contribution is -0.111. The van der Waals surface area contributed by atoms with E-state index in [0.29, 0.717) is 0 Å². The van der Waals surface area contributed by atoms with Crippen molar-refractivity contribution in [2.75, 3.05) is 5.32 Å². The molecule has 62 valence electrons. The van der Waals surface area contributed by atoms with Gasteiger partial charge in [-0.2, -0.15) is 0 Å². The summed E-state index contributed by atoms with van der Waals surface area (Å²) in [6.45, 7) is 3.28. The van der Waals surface area contributed by atoms with E-state index in [4.69, 9.17) is 11.6 Å². The fraction of sp³-hybridized carbons (Fsp3) is 0. The zero-order valence-electron chi connectivity index (χ0n) is 6.12. The number of hydrogen-bond donors (Lipinski definition) is 1. The zero-order chi connectivity index (χ0) is 8.97. The summed E-state index contributed by atoms with van der Waals surface area (Å²) in [5, 5.41) is 2.65. The molecule has 0 fully saturated rings. The molecule has 0 saturated heterocycles. The van der Waals surface area contributed by atoms with Gasteiger partial charge < -0.3 is 0 Å². The average Bonchev–Trinajstić information content (AvgIpc) is 2.04. The third kappa shape index (κ3) is 2.32. The van der Waals surface area contributed by atoms with Crippen molar-refractivity contribution in [1.82, 2.24) is 9.97 Å². The molecule has 1 aromatic rings. The smallest absolute Gasteiger partial charge is 0.250 e. The van der Waals surface area contributed by atoms with Gasteiger partial charge in [-0.3, -0.25) is 10.1 Å². The van der Waals surface area contributed by atoms with Crippen molar-refractivity contribution in [3.8, 4) is 0 Å². The standard InChI is InChI=1S/C7H6ClN3O/c1-2-6(12)11-7-9-4-3-5(8)10-7/h2-4H,1H2,(H,9,10,11,12). The van der Waals surface area contributed by atoms with Crippen LogP contribution in [0.1, 0.15) is 0 Å². The van der Waals surface area contributed by atoms with Gasteiger partial charge in [0.15, 0.2) is 0 Å². The van der Waals surface area contributed by atoms with Crippen LogP contribution >= 0.6 is 11.6 Å². The van der Waals surface area contributed by atoms with Crippen LogP contribution in [0.3, 0.4) is 0 Å². The van der Waals surface area contributed by atoms with E-state index in [2.05, 4.69) is 21.9 Å². The minimum atomic E-state index is -0.364. The molecule has 4 nitrogen and oxygen atoms in total. The zero-order valence-corrected chi connectivity index (χ0v) is 6.88. The van der Waals surface area contributed by atoms with E-state index in [1.54, 1.807) is 0 Å². The van der Waals surface area contributed by atoms with Crippen LogP contribution in [-0.2, 0) is 4.79 Å². The van der Waals surface area contributed by atoms with E-state index < -0.39 is 0 Å². The number of rotatable bonds is 2. The van der Waals surface area contributed by atoms with Gasteiger partial charge in [-0.25, -0.2) is 9.97 Å². The minimum absolute atomic E-state index is 0.174. The van der Waals surface area contributed by atoms with E-state index >= 15 is 0 Å². The van der Waals surface area contributed by atoms with Gasteiger partial charge in [0.2, 0.25) is 11.9 Å². The molecule has 0 radical (unpaired) electrons. The largest absolute Gasteiger partial charge is 0.291 e. The third-order valence-corrected chi connectivity index (χ3v) is 1.25. The first-order chi connectivity index (χ1) is 5.72. The Morgan fingerprint density at radius 2 is 2.50 bits per heavy atom. The van der Waals surface area contributed by atoms with Crippen LogP contribution in [0.15, 0.2) is 24.9 Å². The number of hydrogen-bond acceptors (Lipinski definition) is 3. The molecule has 1 amide bonds. The Labute approximate surface area is 74.3 Å². The molecule has 1 N–H and O–H groups in total. The molecule has 0 aliphatic heterocycles. The molecule has 0 spiro atoms. The van der Waals surface area contributed by atoms with Crippen molar-refractivity contribution < 1.29 is 4.79 Å². The van der Waals surface area contributed by atoms with Crippen LogP contribution in [-0.4, -0.2) is 15.9 Å². The Kier molecular flexibility index (Phi) is 2.76. The first-order valence-corrected chi connectivity index (χ1v) is 3.52. The van der Waals surface area contributed by atoms with Gasteiger partial charge >= 0.3 is 0 Å². The van der Waals surface area contributed by atoms with Gasteiger partial charge in [0.25, 0.3) is 0 Å². The minimum Gasteiger partial charge on any atom is -0.291 e. The number of carbonyl (C=O) groups is 1. The molecule has 0 aliphatic rings. The molecule has 1 aromatic heterocycles. The molecule has 1 rings (SSSR count). The van der Waals surface area contributed by atoms with Crippen molar-refractivity contribution in [2.45, 2.75) is 0 Å². The van der Waals surface area contributed by atoms with Crippen LogP contribution in [0.5, 0.6) is 0 Å². The van der Waals surface area contributed by atoms with Gasteiger partial charge in [0.05, 0.1) is 0 Å². The summed E-state index contributed by atoms with van der Waals surface area (Å²) in [5.74, 6) is -0.190. The monoisotopic (exact) mass is 183 g/mol. The fourth-order valence-electron chi connectivity index (χ4n) is 0.558. The number of nitrogens with one attached hydrogen (secondary N) is 1. The van der Waals surface area contributed by atoms with Crippen LogP contribution in [0, 0.1) is 0 Å². The van der Waals surface area contributed by atoms with Crippen molar-refractivity contribution in [2.24, 2.45) is 0 Å². The van der Waals surface area contributed by atoms with Gasteiger partial charge in [-0.15, -0.1) is 0 Å². The summed E-state index contributed by atoms with van der Waals surface area (Å²) < 4.78 is 0. The molecule has 0 bridgehead atoms. The van der Waals surface area contributed by atoms with Crippen molar-refractivity contribution >= 4 is 23.5 Å². The van der Waals surface area contributed by atoms with Crippen molar-refractivity contribution in [3.63, 3.8) is 0 Å². The van der Waals surface area contributed by atoms with Crippen LogP contribution in [0.4, 0.5) is 5.95 Å².